The smallest absolute Gasteiger partial charge is 0.220 e. The fraction of sp³-hybridized carbons (Fsp3) is 0.769. The lowest BCUT2D eigenvalue weighted by atomic mass is 10.1. The van der Waals surface area contributed by atoms with Crippen molar-refractivity contribution < 1.29 is 4.79 Å². The third-order valence-electron chi connectivity index (χ3n) is 3.01. The molecule has 0 aromatic rings. The average Bonchev–Trinajstić information content (AvgIpc) is 2.77. The van der Waals surface area contributed by atoms with Crippen molar-refractivity contribution in [3.8, 4) is 0 Å². The van der Waals surface area contributed by atoms with Crippen LogP contribution in [0.25, 0.3) is 0 Å². The highest BCUT2D eigenvalue weighted by Crippen LogP contribution is 2.19. The molecule has 1 aliphatic rings. The maximum atomic E-state index is 11.4. The fourth-order valence-electron chi connectivity index (χ4n) is 2.02. The van der Waals surface area contributed by atoms with E-state index < -0.39 is 0 Å². The number of hydrogen-bond donors (Lipinski definition) is 2. The van der Waals surface area contributed by atoms with Crippen LogP contribution in [0, 0.1) is 0 Å². The van der Waals surface area contributed by atoms with Gasteiger partial charge in [0.15, 0.2) is 0 Å². The molecule has 0 saturated heterocycles. The lowest BCUT2D eigenvalue weighted by Gasteiger charge is -2.05. The number of hydrogen-bond acceptors (Lipinski definition) is 2. The summed E-state index contributed by atoms with van der Waals surface area (Å²) in [5.74, 6) is 0.190. The first kappa shape index (κ1) is 13.2. The van der Waals surface area contributed by atoms with Crippen LogP contribution in [0.15, 0.2) is 11.6 Å². The minimum Gasteiger partial charge on any atom is -0.356 e. The summed E-state index contributed by atoms with van der Waals surface area (Å²) in [7, 11) is 0. The van der Waals surface area contributed by atoms with E-state index in [2.05, 4.69) is 11.4 Å². The molecule has 1 aliphatic carbocycles. The lowest BCUT2D eigenvalue weighted by molar-refractivity contribution is -0.121. The van der Waals surface area contributed by atoms with Crippen molar-refractivity contribution in [2.45, 2.75) is 51.4 Å². The second kappa shape index (κ2) is 8.34. The van der Waals surface area contributed by atoms with E-state index in [1.807, 2.05) is 0 Å². The Balaban J connectivity index is 1.93. The first-order valence-electron chi connectivity index (χ1n) is 6.47. The van der Waals surface area contributed by atoms with E-state index in [0.29, 0.717) is 6.42 Å². The van der Waals surface area contributed by atoms with Crippen molar-refractivity contribution in [1.82, 2.24) is 5.32 Å². The molecule has 0 saturated carbocycles. The van der Waals surface area contributed by atoms with Gasteiger partial charge >= 0.3 is 0 Å². The zero-order chi connectivity index (χ0) is 11.6. The van der Waals surface area contributed by atoms with E-state index in [1.54, 1.807) is 0 Å². The molecule has 3 nitrogen and oxygen atoms in total. The Morgan fingerprint density at radius 2 is 2.25 bits per heavy atom. The largest absolute Gasteiger partial charge is 0.356 e. The molecule has 0 aromatic carbocycles. The van der Waals surface area contributed by atoms with Gasteiger partial charge in [-0.25, -0.2) is 0 Å². The summed E-state index contributed by atoms with van der Waals surface area (Å²) >= 11 is 0. The molecule has 3 heteroatoms. The lowest BCUT2D eigenvalue weighted by Crippen LogP contribution is -2.24. The maximum Gasteiger partial charge on any atom is 0.220 e. The molecule has 16 heavy (non-hydrogen) atoms. The van der Waals surface area contributed by atoms with E-state index in [1.165, 1.54) is 24.8 Å². The van der Waals surface area contributed by atoms with Gasteiger partial charge in [0.2, 0.25) is 5.91 Å². The molecule has 0 heterocycles. The number of amides is 1. The first-order valence-corrected chi connectivity index (χ1v) is 6.47. The first-order chi connectivity index (χ1) is 7.83. The molecule has 0 bridgehead atoms. The minimum absolute atomic E-state index is 0.190. The number of carbonyl (C=O) groups is 1. The van der Waals surface area contributed by atoms with Crippen LogP contribution in [-0.2, 0) is 4.79 Å². The van der Waals surface area contributed by atoms with Gasteiger partial charge in [0.25, 0.3) is 0 Å². The van der Waals surface area contributed by atoms with Crippen molar-refractivity contribution >= 4 is 5.91 Å². The minimum atomic E-state index is 0.190. The molecule has 0 radical (unpaired) electrons. The Bertz CT molecular complexity index is 236. The molecule has 0 atom stereocenters. The van der Waals surface area contributed by atoms with Crippen LogP contribution < -0.4 is 11.1 Å². The standard InChI is InChI=1S/C13H24N2O/c14-10-5-1-2-8-13(16)15-11-9-12-6-3-4-7-12/h6H,1-5,7-11,14H2,(H,15,16). The number of nitrogens with one attached hydrogen (secondary N) is 1. The summed E-state index contributed by atoms with van der Waals surface area (Å²) in [5, 5.41) is 2.98. The van der Waals surface area contributed by atoms with E-state index >= 15 is 0 Å². The molecule has 0 aliphatic heterocycles. The number of nitrogens with two attached hydrogens (primary N) is 1. The average molecular weight is 224 g/mol. The molecule has 1 amide bonds. The summed E-state index contributed by atoms with van der Waals surface area (Å²) in [6, 6.07) is 0. The molecule has 0 unspecified atom stereocenters. The van der Waals surface area contributed by atoms with Crippen LogP contribution in [0.3, 0.4) is 0 Å². The summed E-state index contributed by atoms with van der Waals surface area (Å²) in [4.78, 5) is 11.4. The highest BCUT2D eigenvalue weighted by Gasteiger charge is 2.05. The molecular formula is C13H24N2O. The zero-order valence-electron chi connectivity index (χ0n) is 10.1. The van der Waals surface area contributed by atoms with Gasteiger partial charge in [-0.15, -0.1) is 0 Å². The third-order valence-corrected chi connectivity index (χ3v) is 3.01. The molecule has 3 N–H and O–H groups in total. The van der Waals surface area contributed by atoms with Gasteiger partial charge in [0.05, 0.1) is 0 Å². The second-order valence-corrected chi connectivity index (χ2v) is 4.45. The Hall–Kier alpha value is -0.830. The third kappa shape index (κ3) is 5.91. The topological polar surface area (TPSA) is 55.1 Å². The normalized spacial score (nSPS) is 14.9. The maximum absolute atomic E-state index is 11.4. The quantitative estimate of drug-likeness (QED) is 0.490. The number of rotatable bonds is 8. The van der Waals surface area contributed by atoms with Gasteiger partial charge in [-0.05, 0) is 45.1 Å². The summed E-state index contributed by atoms with van der Waals surface area (Å²) in [6.07, 6.45) is 10.8. The van der Waals surface area contributed by atoms with Crippen LogP contribution in [-0.4, -0.2) is 19.0 Å². The zero-order valence-corrected chi connectivity index (χ0v) is 10.1. The molecular weight excluding hydrogens is 200 g/mol. The van der Waals surface area contributed by atoms with Gasteiger partial charge < -0.3 is 11.1 Å². The van der Waals surface area contributed by atoms with Crippen molar-refractivity contribution in [3.63, 3.8) is 0 Å². The predicted octanol–water partition coefficient (Wildman–Crippen LogP) is 2.12. The summed E-state index contributed by atoms with van der Waals surface area (Å²) < 4.78 is 0. The Kier molecular flexibility index (Phi) is 6.90. The Labute approximate surface area is 98.5 Å². The van der Waals surface area contributed by atoms with Crippen LogP contribution >= 0.6 is 0 Å². The monoisotopic (exact) mass is 224 g/mol. The highest BCUT2D eigenvalue weighted by molar-refractivity contribution is 5.75. The SMILES string of the molecule is NCCCCCC(=O)NCCC1=CCCC1. The van der Waals surface area contributed by atoms with Gasteiger partial charge in [-0.1, -0.05) is 18.1 Å². The van der Waals surface area contributed by atoms with E-state index in [9.17, 15) is 4.79 Å². The Morgan fingerprint density at radius 1 is 1.38 bits per heavy atom. The number of unbranched alkanes of at least 4 members (excludes halogenated alkanes) is 2. The van der Waals surface area contributed by atoms with Crippen molar-refractivity contribution in [2.24, 2.45) is 5.73 Å². The fourth-order valence-corrected chi connectivity index (χ4v) is 2.02. The second-order valence-electron chi connectivity index (χ2n) is 4.45. The summed E-state index contributed by atoms with van der Waals surface area (Å²) in [5.41, 5.74) is 6.91. The molecule has 0 fully saturated rings. The molecule has 92 valence electrons. The van der Waals surface area contributed by atoms with Gasteiger partial charge in [0.1, 0.15) is 0 Å². The number of carbonyl (C=O) groups excluding carboxylic acids is 1. The van der Waals surface area contributed by atoms with Gasteiger partial charge in [-0.2, -0.15) is 0 Å². The van der Waals surface area contributed by atoms with Crippen LogP contribution in [0.4, 0.5) is 0 Å². The summed E-state index contributed by atoms with van der Waals surface area (Å²) in [6.45, 7) is 1.54. The highest BCUT2D eigenvalue weighted by atomic mass is 16.1. The van der Waals surface area contributed by atoms with Crippen molar-refractivity contribution in [1.29, 1.82) is 0 Å². The van der Waals surface area contributed by atoms with Gasteiger partial charge in [-0.3, -0.25) is 4.79 Å². The van der Waals surface area contributed by atoms with Crippen LogP contribution in [0.5, 0.6) is 0 Å². The van der Waals surface area contributed by atoms with E-state index in [0.717, 1.165) is 38.8 Å². The molecule has 1 rings (SSSR count). The van der Waals surface area contributed by atoms with Crippen molar-refractivity contribution in [2.75, 3.05) is 13.1 Å². The predicted molar refractivity (Wildman–Crippen MR) is 67.1 cm³/mol. The van der Waals surface area contributed by atoms with Gasteiger partial charge in [0, 0.05) is 13.0 Å². The van der Waals surface area contributed by atoms with Crippen LogP contribution in [0.1, 0.15) is 51.4 Å². The van der Waals surface area contributed by atoms with E-state index in [-0.39, 0.29) is 5.91 Å². The Morgan fingerprint density at radius 3 is 2.94 bits per heavy atom. The molecule has 0 aromatic heterocycles. The van der Waals surface area contributed by atoms with Crippen LogP contribution in [0.2, 0.25) is 0 Å². The molecule has 0 spiro atoms. The van der Waals surface area contributed by atoms with Crippen molar-refractivity contribution in [3.05, 3.63) is 11.6 Å². The van der Waals surface area contributed by atoms with E-state index in [4.69, 9.17) is 5.73 Å². The number of allylic oxidation sites excluding steroid dienone is 1.